The lowest BCUT2D eigenvalue weighted by molar-refractivity contribution is -0.120. The quantitative estimate of drug-likeness (QED) is 0.530. The number of H-pyrrole nitrogens is 1. The van der Waals surface area contributed by atoms with Crippen molar-refractivity contribution in [2.24, 2.45) is 5.92 Å². The largest absolute Gasteiger partial charge is 0.491 e. The summed E-state index contributed by atoms with van der Waals surface area (Å²) in [6.45, 7) is 4.20. The van der Waals surface area contributed by atoms with Crippen LogP contribution < -0.4 is 15.0 Å². The fraction of sp³-hybridized carbons (Fsp3) is 0.391. The van der Waals surface area contributed by atoms with Crippen molar-refractivity contribution in [3.63, 3.8) is 0 Å². The monoisotopic (exact) mass is 490 g/mol. The van der Waals surface area contributed by atoms with Gasteiger partial charge in [0.05, 0.1) is 32.7 Å². The van der Waals surface area contributed by atoms with Gasteiger partial charge in [-0.2, -0.15) is 15.3 Å². The molecule has 0 aliphatic carbocycles. The molecule has 0 bridgehead atoms. The number of hydrogen-bond acceptors (Lipinski definition) is 7. The number of nitrogens with one attached hydrogen (secondary N) is 2. The molecule has 0 spiro atoms. The second kappa shape index (κ2) is 11.3. The molecular weight excluding hydrogens is 465 g/mol. The highest BCUT2D eigenvalue weighted by Crippen LogP contribution is 2.38. The first-order valence-corrected chi connectivity index (χ1v) is 11.1. The summed E-state index contributed by atoms with van der Waals surface area (Å²) >= 11 is 0. The number of methoxy groups -OCH3 is 1. The van der Waals surface area contributed by atoms with E-state index in [0.717, 1.165) is 38.4 Å². The van der Waals surface area contributed by atoms with E-state index in [-0.39, 0.29) is 17.9 Å². The Morgan fingerprint density at radius 3 is 2.49 bits per heavy atom. The third kappa shape index (κ3) is 5.60. The van der Waals surface area contributed by atoms with E-state index in [1.165, 1.54) is 24.4 Å². The maximum atomic E-state index is 13.5. The van der Waals surface area contributed by atoms with Gasteiger partial charge in [0, 0.05) is 31.1 Å². The Labute approximate surface area is 199 Å². The zero-order chi connectivity index (χ0) is 24.8. The normalized spacial score (nSPS) is 17.8. The lowest BCUT2D eigenvalue weighted by Crippen LogP contribution is -2.30. The number of aromatic amines is 1. The Morgan fingerprint density at radius 2 is 1.91 bits per heavy atom. The highest BCUT2D eigenvalue weighted by molar-refractivity contribution is 5.98. The van der Waals surface area contributed by atoms with Gasteiger partial charge in [0.1, 0.15) is 5.69 Å². The summed E-state index contributed by atoms with van der Waals surface area (Å²) in [6.07, 6.45) is 3.61. The molecule has 1 amide bonds. The molecule has 2 aliphatic heterocycles. The van der Waals surface area contributed by atoms with Crippen molar-refractivity contribution < 1.29 is 27.4 Å². The predicted octanol–water partition coefficient (Wildman–Crippen LogP) is 2.49. The number of nitrogens with zero attached hydrogens (tertiary/aromatic N) is 4. The van der Waals surface area contributed by atoms with Gasteiger partial charge >= 0.3 is 0 Å². The Morgan fingerprint density at radius 1 is 1.17 bits per heavy atom. The predicted molar refractivity (Wildman–Crippen MR) is 120 cm³/mol. The molecule has 3 aromatic rings. The van der Waals surface area contributed by atoms with E-state index in [2.05, 4.69) is 25.7 Å². The maximum Gasteiger partial charge on any atom is 0.231 e. The summed E-state index contributed by atoms with van der Waals surface area (Å²) in [5, 5.41) is 17.8. The number of halogens is 3. The molecule has 186 valence electrons. The highest BCUT2D eigenvalue weighted by Gasteiger charge is 2.36. The number of carbonyl (C=O) groups is 1. The minimum atomic E-state index is -1.52. The van der Waals surface area contributed by atoms with Crippen LogP contribution in [-0.2, 0) is 16.0 Å². The maximum absolute atomic E-state index is 13.5. The van der Waals surface area contributed by atoms with Crippen molar-refractivity contribution in [3.05, 3.63) is 53.6 Å². The van der Waals surface area contributed by atoms with Crippen molar-refractivity contribution in [2.45, 2.75) is 12.8 Å². The lowest BCUT2D eigenvalue weighted by atomic mass is 9.98. The first kappa shape index (κ1) is 24.6. The minimum Gasteiger partial charge on any atom is -0.491 e. The molecule has 2 saturated heterocycles. The number of aromatic nitrogens is 4. The summed E-state index contributed by atoms with van der Waals surface area (Å²) in [7, 11) is 1.47. The fourth-order valence-corrected chi connectivity index (χ4v) is 4.00. The molecule has 4 heterocycles. The third-order valence-corrected chi connectivity index (χ3v) is 5.72. The van der Waals surface area contributed by atoms with Crippen LogP contribution in [0.25, 0.3) is 11.3 Å². The summed E-state index contributed by atoms with van der Waals surface area (Å²) < 4.78 is 50.5. The molecule has 12 heteroatoms. The number of morpholine rings is 1. The average Bonchev–Trinajstić information content (AvgIpc) is 3.47. The second-order valence-corrected chi connectivity index (χ2v) is 8.00. The van der Waals surface area contributed by atoms with Crippen molar-refractivity contribution in [3.8, 4) is 17.0 Å². The topological polar surface area (TPSA) is 105 Å². The number of rotatable bonds is 5. The molecule has 1 atom stereocenters. The van der Waals surface area contributed by atoms with Crippen molar-refractivity contribution in [1.82, 2.24) is 25.7 Å². The van der Waals surface area contributed by atoms with Gasteiger partial charge < -0.3 is 14.8 Å². The minimum absolute atomic E-state index is 0.0946. The van der Waals surface area contributed by atoms with E-state index in [4.69, 9.17) is 9.47 Å². The van der Waals surface area contributed by atoms with Crippen LogP contribution in [0.2, 0.25) is 0 Å². The third-order valence-electron chi connectivity index (χ3n) is 5.72. The van der Waals surface area contributed by atoms with E-state index in [1.807, 2.05) is 0 Å². The molecule has 0 radical (unpaired) electrons. The van der Waals surface area contributed by atoms with Crippen molar-refractivity contribution >= 4 is 11.7 Å². The zero-order valence-corrected chi connectivity index (χ0v) is 19.1. The molecule has 1 unspecified atom stereocenters. The molecule has 9 nitrogen and oxygen atoms in total. The number of hydrogen-bond donors (Lipinski definition) is 2. The standard InChI is InChI=1S/C19H16F3N5O2.C4H9NO/c1-29-17-16(12-2-4-23-24-9-12)25-26-18(17)27-5-3-11(19(27)28)6-10-7-13(20)15(22)14(21)8-10;1-3-6-4-2-5-1/h2,4,7-9,11H,3,5-6H2,1H3,(H,25,26);5H,1-4H2. The number of ether oxygens (including phenoxy) is 2. The Kier molecular flexibility index (Phi) is 7.93. The van der Waals surface area contributed by atoms with Crippen LogP contribution in [0.1, 0.15) is 12.0 Å². The van der Waals surface area contributed by atoms with Gasteiger partial charge in [0.2, 0.25) is 5.91 Å². The van der Waals surface area contributed by atoms with Gasteiger partial charge in [0.15, 0.2) is 29.0 Å². The molecule has 2 N–H and O–H groups in total. The summed E-state index contributed by atoms with van der Waals surface area (Å²) in [5.41, 5.74) is 1.46. The molecule has 0 saturated carbocycles. The average molecular weight is 490 g/mol. The molecule has 35 heavy (non-hydrogen) atoms. The van der Waals surface area contributed by atoms with Crippen LogP contribution in [-0.4, -0.2) is 66.3 Å². The molecule has 2 aliphatic rings. The summed E-state index contributed by atoms with van der Waals surface area (Å²) in [6, 6.07) is 3.55. The lowest BCUT2D eigenvalue weighted by Gasteiger charge is -2.15. The number of benzene rings is 1. The number of anilines is 1. The van der Waals surface area contributed by atoms with E-state index < -0.39 is 23.4 Å². The Balaban J connectivity index is 0.000000421. The van der Waals surface area contributed by atoms with Gasteiger partial charge in [-0.1, -0.05) is 0 Å². The zero-order valence-electron chi connectivity index (χ0n) is 19.1. The van der Waals surface area contributed by atoms with E-state index in [9.17, 15) is 18.0 Å². The Bertz CT molecular complexity index is 1120. The fourth-order valence-electron chi connectivity index (χ4n) is 4.00. The van der Waals surface area contributed by atoms with Gasteiger partial charge in [-0.05, 0) is 36.6 Å². The summed E-state index contributed by atoms with van der Waals surface area (Å²) in [4.78, 5) is 14.4. The van der Waals surface area contributed by atoms with Crippen LogP contribution in [0.5, 0.6) is 5.75 Å². The first-order chi connectivity index (χ1) is 17.0. The molecule has 2 fully saturated rings. The second-order valence-electron chi connectivity index (χ2n) is 8.00. The number of amides is 1. The van der Waals surface area contributed by atoms with E-state index >= 15 is 0 Å². The van der Waals surface area contributed by atoms with E-state index in [0.29, 0.717) is 35.8 Å². The Hall–Kier alpha value is -3.51. The van der Waals surface area contributed by atoms with Gasteiger partial charge in [0.25, 0.3) is 0 Å². The highest BCUT2D eigenvalue weighted by atomic mass is 19.2. The van der Waals surface area contributed by atoms with Crippen LogP contribution >= 0.6 is 0 Å². The van der Waals surface area contributed by atoms with Crippen molar-refractivity contribution in [1.29, 1.82) is 0 Å². The van der Waals surface area contributed by atoms with Crippen LogP contribution in [0.4, 0.5) is 19.0 Å². The van der Waals surface area contributed by atoms with Crippen LogP contribution in [0.15, 0.2) is 30.6 Å². The van der Waals surface area contributed by atoms with Gasteiger partial charge in [-0.3, -0.25) is 14.8 Å². The molecule has 2 aromatic heterocycles. The molecule has 5 rings (SSSR count). The van der Waals surface area contributed by atoms with Crippen LogP contribution in [0, 0.1) is 23.4 Å². The molecular formula is C23H25F3N6O3. The van der Waals surface area contributed by atoms with Crippen molar-refractivity contribution in [2.75, 3.05) is 44.9 Å². The van der Waals surface area contributed by atoms with Gasteiger partial charge in [-0.25, -0.2) is 13.2 Å². The smallest absolute Gasteiger partial charge is 0.231 e. The van der Waals surface area contributed by atoms with E-state index in [1.54, 1.807) is 6.07 Å². The molecule has 1 aromatic carbocycles. The van der Waals surface area contributed by atoms with Crippen LogP contribution in [0.3, 0.4) is 0 Å². The summed E-state index contributed by atoms with van der Waals surface area (Å²) in [5.74, 6) is -4.12. The SMILES string of the molecule is C1COCCN1.COc1c(N2CCC(Cc3cc(F)c(F)c(F)c3)C2=O)n[nH]c1-c1ccnnc1. The van der Waals surface area contributed by atoms with Gasteiger partial charge in [-0.15, -0.1) is 0 Å². The first-order valence-electron chi connectivity index (χ1n) is 11.1. The number of carbonyl (C=O) groups excluding carboxylic acids is 1.